The maximum Gasteiger partial charge on any atom is 0.0588 e. The Kier molecular flexibility index (Phi) is 16.1. The van der Waals surface area contributed by atoms with Gasteiger partial charge in [0.1, 0.15) is 0 Å². The number of hydrogen-bond acceptors (Lipinski definition) is 4. The fourth-order valence-corrected chi connectivity index (χ4v) is 0.451. The Morgan fingerprint density at radius 1 is 1.25 bits per heavy atom. The zero-order valence-corrected chi connectivity index (χ0v) is 8.42. The summed E-state index contributed by atoms with van der Waals surface area (Å²) in [5.74, 6) is 0. The Morgan fingerprint density at radius 3 is 1.83 bits per heavy atom. The number of hydrogen-bond donors (Lipinski definition) is 2. The minimum atomic E-state index is 0.633. The van der Waals surface area contributed by atoms with Crippen molar-refractivity contribution in [2.75, 3.05) is 32.8 Å². The van der Waals surface area contributed by atoms with Gasteiger partial charge in [-0.3, -0.25) is 0 Å². The molecule has 0 heterocycles. The van der Waals surface area contributed by atoms with Crippen LogP contribution in [0.1, 0.15) is 20.8 Å². The van der Waals surface area contributed by atoms with Crippen LogP contribution in [0.15, 0.2) is 0 Å². The van der Waals surface area contributed by atoms with Gasteiger partial charge >= 0.3 is 0 Å². The first-order valence-corrected chi connectivity index (χ1v) is 4.44. The van der Waals surface area contributed by atoms with Gasteiger partial charge in [-0.05, 0) is 6.92 Å². The third kappa shape index (κ3) is 16.4. The lowest BCUT2D eigenvalue weighted by Gasteiger charge is -2.05. The number of ether oxygens (including phenoxy) is 1. The zero-order valence-electron chi connectivity index (χ0n) is 8.42. The van der Waals surface area contributed by atoms with Crippen LogP contribution in [0.3, 0.4) is 0 Å². The molecular weight excluding hydrogens is 156 g/mol. The SMILES string of the molecule is CCN(O)CC.CCOCCN. The van der Waals surface area contributed by atoms with Gasteiger partial charge in [-0.25, -0.2) is 0 Å². The lowest BCUT2D eigenvalue weighted by molar-refractivity contribution is -0.0813. The van der Waals surface area contributed by atoms with Gasteiger partial charge in [0.2, 0.25) is 0 Å². The third-order valence-corrected chi connectivity index (χ3v) is 1.20. The number of hydroxylamine groups is 2. The largest absolute Gasteiger partial charge is 0.380 e. The van der Waals surface area contributed by atoms with Gasteiger partial charge < -0.3 is 15.7 Å². The molecule has 0 fully saturated rings. The predicted molar refractivity (Wildman–Crippen MR) is 50.3 cm³/mol. The summed E-state index contributed by atoms with van der Waals surface area (Å²) in [5.41, 5.74) is 5.09. The number of nitrogens with zero attached hydrogens (tertiary/aromatic N) is 1. The first-order chi connectivity index (χ1) is 5.72. The summed E-state index contributed by atoms with van der Waals surface area (Å²) < 4.78 is 4.86. The van der Waals surface area contributed by atoms with E-state index in [4.69, 9.17) is 15.7 Å². The summed E-state index contributed by atoms with van der Waals surface area (Å²) in [6.07, 6.45) is 0. The second kappa shape index (κ2) is 13.4. The topological polar surface area (TPSA) is 58.7 Å². The van der Waals surface area contributed by atoms with Gasteiger partial charge in [0, 0.05) is 26.2 Å². The van der Waals surface area contributed by atoms with Gasteiger partial charge in [-0.2, -0.15) is 5.06 Å². The van der Waals surface area contributed by atoms with E-state index in [9.17, 15) is 0 Å². The standard InChI is InChI=1S/2C4H11NO/c1-3-5(6)4-2;1-2-6-4-3-5/h6H,3-4H2,1-2H3;2-5H2,1H3. The molecule has 12 heavy (non-hydrogen) atoms. The Hall–Kier alpha value is -0.160. The van der Waals surface area contributed by atoms with Crippen molar-refractivity contribution in [3.05, 3.63) is 0 Å². The summed E-state index contributed by atoms with van der Waals surface area (Å²) >= 11 is 0. The van der Waals surface area contributed by atoms with E-state index in [1.54, 1.807) is 0 Å². The predicted octanol–water partition coefficient (Wildman–Crippen LogP) is 0.699. The van der Waals surface area contributed by atoms with E-state index in [1.807, 2.05) is 20.8 Å². The molecule has 4 nitrogen and oxygen atoms in total. The minimum Gasteiger partial charge on any atom is -0.380 e. The number of rotatable bonds is 5. The molecule has 0 radical (unpaired) electrons. The summed E-state index contributed by atoms with van der Waals surface area (Å²) in [7, 11) is 0. The third-order valence-electron chi connectivity index (χ3n) is 1.20. The van der Waals surface area contributed by atoms with Crippen molar-refractivity contribution in [3.63, 3.8) is 0 Å². The van der Waals surface area contributed by atoms with Crippen molar-refractivity contribution in [1.82, 2.24) is 5.06 Å². The average molecular weight is 178 g/mol. The van der Waals surface area contributed by atoms with Crippen LogP contribution in [-0.4, -0.2) is 43.1 Å². The van der Waals surface area contributed by atoms with Gasteiger partial charge in [-0.1, -0.05) is 13.8 Å². The fraction of sp³-hybridized carbons (Fsp3) is 1.00. The first kappa shape index (κ1) is 14.4. The summed E-state index contributed by atoms with van der Waals surface area (Å²) in [6.45, 7) is 9.30. The van der Waals surface area contributed by atoms with Crippen LogP contribution in [0.2, 0.25) is 0 Å². The fourth-order valence-electron chi connectivity index (χ4n) is 0.451. The first-order valence-electron chi connectivity index (χ1n) is 4.44. The van der Waals surface area contributed by atoms with E-state index in [0.717, 1.165) is 19.7 Å². The van der Waals surface area contributed by atoms with E-state index in [1.165, 1.54) is 5.06 Å². The van der Waals surface area contributed by atoms with E-state index < -0.39 is 0 Å². The van der Waals surface area contributed by atoms with Crippen molar-refractivity contribution < 1.29 is 9.94 Å². The molecular formula is C8H22N2O2. The van der Waals surface area contributed by atoms with Crippen molar-refractivity contribution >= 4 is 0 Å². The lowest BCUT2D eigenvalue weighted by atomic mass is 10.6. The molecule has 0 saturated heterocycles. The molecule has 0 amide bonds. The Balaban J connectivity index is 0. The molecule has 0 unspecified atom stereocenters. The smallest absolute Gasteiger partial charge is 0.0588 e. The van der Waals surface area contributed by atoms with Gasteiger partial charge in [0.05, 0.1) is 6.61 Å². The van der Waals surface area contributed by atoms with E-state index in [-0.39, 0.29) is 0 Å². The molecule has 0 atom stereocenters. The second-order valence-corrected chi connectivity index (χ2v) is 2.12. The van der Waals surface area contributed by atoms with Crippen LogP contribution in [0.25, 0.3) is 0 Å². The summed E-state index contributed by atoms with van der Waals surface area (Å²) in [6, 6.07) is 0. The van der Waals surface area contributed by atoms with Gasteiger partial charge in [0.15, 0.2) is 0 Å². The highest BCUT2D eigenvalue weighted by molar-refractivity contribution is 4.26. The quantitative estimate of drug-likeness (QED) is 0.480. The van der Waals surface area contributed by atoms with Crippen LogP contribution >= 0.6 is 0 Å². The molecule has 0 saturated carbocycles. The monoisotopic (exact) mass is 178 g/mol. The molecule has 0 aromatic heterocycles. The molecule has 0 aliphatic carbocycles. The van der Waals surface area contributed by atoms with Crippen molar-refractivity contribution in [1.29, 1.82) is 0 Å². The maximum absolute atomic E-state index is 8.50. The minimum absolute atomic E-state index is 0.633. The average Bonchev–Trinajstić information content (AvgIpc) is 2.14. The van der Waals surface area contributed by atoms with Crippen molar-refractivity contribution in [2.24, 2.45) is 5.73 Å². The Labute approximate surface area is 75.3 Å². The molecule has 0 aliphatic heterocycles. The van der Waals surface area contributed by atoms with E-state index in [2.05, 4.69) is 0 Å². The van der Waals surface area contributed by atoms with Crippen LogP contribution < -0.4 is 5.73 Å². The van der Waals surface area contributed by atoms with Crippen LogP contribution in [-0.2, 0) is 4.74 Å². The highest BCUT2D eigenvalue weighted by atomic mass is 16.5. The highest BCUT2D eigenvalue weighted by Crippen LogP contribution is 1.73. The van der Waals surface area contributed by atoms with E-state index in [0.29, 0.717) is 13.2 Å². The van der Waals surface area contributed by atoms with Crippen molar-refractivity contribution in [2.45, 2.75) is 20.8 Å². The summed E-state index contributed by atoms with van der Waals surface area (Å²) in [5, 5.41) is 9.75. The van der Waals surface area contributed by atoms with Crippen LogP contribution in [0, 0.1) is 0 Å². The lowest BCUT2D eigenvalue weighted by Crippen LogP contribution is -2.16. The molecule has 4 heteroatoms. The Bertz CT molecular complexity index is 64.1. The molecule has 0 aliphatic rings. The maximum atomic E-state index is 8.50. The molecule has 0 aromatic carbocycles. The van der Waals surface area contributed by atoms with E-state index >= 15 is 0 Å². The molecule has 0 rings (SSSR count). The molecule has 0 bridgehead atoms. The zero-order chi connectivity index (χ0) is 9.82. The highest BCUT2D eigenvalue weighted by Gasteiger charge is 1.84. The van der Waals surface area contributed by atoms with Gasteiger partial charge in [0.25, 0.3) is 0 Å². The molecule has 0 aromatic rings. The van der Waals surface area contributed by atoms with Gasteiger partial charge in [-0.15, -0.1) is 0 Å². The number of nitrogens with two attached hydrogens (primary N) is 1. The molecule has 76 valence electrons. The van der Waals surface area contributed by atoms with Crippen LogP contribution in [0.5, 0.6) is 0 Å². The molecule has 3 N–H and O–H groups in total. The molecule has 0 spiro atoms. The van der Waals surface area contributed by atoms with Crippen molar-refractivity contribution in [3.8, 4) is 0 Å². The Morgan fingerprint density at radius 2 is 1.75 bits per heavy atom. The normalized spacial score (nSPS) is 9.50. The van der Waals surface area contributed by atoms with Crippen LogP contribution in [0.4, 0.5) is 0 Å². The second-order valence-electron chi connectivity index (χ2n) is 2.12. The summed E-state index contributed by atoms with van der Waals surface area (Å²) in [4.78, 5) is 0.